The van der Waals surface area contributed by atoms with Gasteiger partial charge < -0.3 is 14.7 Å². The molecule has 0 saturated carbocycles. The average Bonchev–Trinajstić information content (AvgIpc) is 3.54. The molecule has 0 spiro atoms. The van der Waals surface area contributed by atoms with E-state index in [2.05, 4.69) is 79.0 Å². The predicted octanol–water partition coefficient (Wildman–Crippen LogP) is 6.86. The third-order valence-corrected chi connectivity index (χ3v) is 7.02. The Morgan fingerprint density at radius 2 is 1.47 bits per heavy atom. The first-order valence-corrected chi connectivity index (χ1v) is 12.4. The van der Waals surface area contributed by atoms with Crippen molar-refractivity contribution >= 4 is 32.8 Å². The highest BCUT2D eigenvalue weighted by atomic mass is 16.5. The first kappa shape index (κ1) is 21.1. The van der Waals surface area contributed by atoms with Gasteiger partial charge in [0.05, 0.1) is 27.9 Å². The van der Waals surface area contributed by atoms with E-state index in [9.17, 15) is 0 Å². The summed E-state index contributed by atoms with van der Waals surface area (Å²) in [6.45, 7) is 9.06. The van der Waals surface area contributed by atoms with E-state index in [4.69, 9.17) is 19.7 Å². The van der Waals surface area contributed by atoms with Gasteiger partial charge in [0.15, 0.2) is 0 Å². The molecule has 178 valence electrons. The van der Waals surface area contributed by atoms with E-state index in [0.29, 0.717) is 18.4 Å². The number of nitrogens with one attached hydrogen (secondary N) is 2. The van der Waals surface area contributed by atoms with Crippen molar-refractivity contribution in [2.24, 2.45) is 0 Å². The number of ether oxygens (including phenoxy) is 1. The van der Waals surface area contributed by atoms with Gasteiger partial charge in [-0.3, -0.25) is 9.97 Å². The molecule has 3 aromatic carbocycles. The molecule has 0 bridgehead atoms. The van der Waals surface area contributed by atoms with E-state index in [1.165, 1.54) is 0 Å². The zero-order valence-electron chi connectivity index (χ0n) is 20.7. The van der Waals surface area contributed by atoms with Crippen LogP contribution >= 0.6 is 0 Å². The van der Waals surface area contributed by atoms with E-state index in [0.717, 1.165) is 78.3 Å². The van der Waals surface area contributed by atoms with Gasteiger partial charge in [-0.1, -0.05) is 45.9 Å². The molecule has 4 heterocycles. The van der Waals surface area contributed by atoms with Crippen LogP contribution < -0.4 is 4.74 Å². The van der Waals surface area contributed by atoms with E-state index < -0.39 is 0 Å². The highest BCUT2D eigenvalue weighted by molar-refractivity contribution is 6.21. The number of aromatic nitrogens is 6. The standard InChI is InChI=1S/C29H26N6O/c1-14(2)28-32-21-13-36-22-12-17(6-8-19(22)23(21)33-28)16-5-7-18-20(11-16)24-26(31-10-9-30-24)27-25(18)34-29(35-27)15(3)4/h5-12,14-15H,13H2,1-4H3,(H,32,33)(H,34,35). The summed E-state index contributed by atoms with van der Waals surface area (Å²) in [4.78, 5) is 26.1. The summed E-state index contributed by atoms with van der Waals surface area (Å²) < 4.78 is 6.14. The van der Waals surface area contributed by atoms with Crippen molar-refractivity contribution in [1.82, 2.24) is 29.9 Å². The van der Waals surface area contributed by atoms with E-state index in [-0.39, 0.29) is 0 Å². The normalized spacial score (nSPS) is 13.1. The Hall–Kier alpha value is -4.26. The van der Waals surface area contributed by atoms with Gasteiger partial charge in [0.1, 0.15) is 29.5 Å². The monoisotopic (exact) mass is 474 g/mol. The van der Waals surface area contributed by atoms with Crippen LogP contribution in [0.3, 0.4) is 0 Å². The summed E-state index contributed by atoms with van der Waals surface area (Å²) in [5.41, 5.74) is 8.84. The molecular formula is C29H26N6O. The number of aromatic amines is 2. The Morgan fingerprint density at radius 1 is 0.750 bits per heavy atom. The van der Waals surface area contributed by atoms with Crippen molar-refractivity contribution in [3.05, 3.63) is 66.1 Å². The van der Waals surface area contributed by atoms with Crippen LogP contribution in [0, 0.1) is 0 Å². The highest BCUT2D eigenvalue weighted by Gasteiger charge is 2.23. The molecular weight excluding hydrogens is 448 g/mol. The molecule has 0 amide bonds. The molecule has 1 aliphatic rings. The number of hydrogen-bond donors (Lipinski definition) is 2. The lowest BCUT2D eigenvalue weighted by Crippen LogP contribution is -2.05. The first-order chi connectivity index (χ1) is 17.5. The minimum atomic E-state index is 0.292. The molecule has 36 heavy (non-hydrogen) atoms. The second-order valence-electron chi connectivity index (χ2n) is 10.1. The number of imidazole rings is 2. The van der Waals surface area contributed by atoms with Crippen LogP contribution in [-0.2, 0) is 6.61 Å². The Balaban J connectivity index is 1.40. The molecule has 0 atom stereocenters. The van der Waals surface area contributed by atoms with Crippen LogP contribution in [0.15, 0.2) is 48.8 Å². The van der Waals surface area contributed by atoms with Crippen molar-refractivity contribution in [2.45, 2.75) is 46.1 Å². The molecule has 7 rings (SSSR count). The van der Waals surface area contributed by atoms with Gasteiger partial charge in [-0.05, 0) is 29.3 Å². The van der Waals surface area contributed by atoms with Gasteiger partial charge in [-0.2, -0.15) is 0 Å². The average molecular weight is 475 g/mol. The van der Waals surface area contributed by atoms with Crippen molar-refractivity contribution in [3.8, 4) is 28.1 Å². The number of fused-ring (bicyclic) bond motifs is 9. The van der Waals surface area contributed by atoms with Crippen molar-refractivity contribution < 1.29 is 4.74 Å². The zero-order valence-corrected chi connectivity index (χ0v) is 20.7. The number of rotatable bonds is 3. The van der Waals surface area contributed by atoms with Gasteiger partial charge in [-0.15, -0.1) is 0 Å². The molecule has 0 radical (unpaired) electrons. The Kier molecular flexibility index (Phi) is 4.46. The maximum absolute atomic E-state index is 6.14. The van der Waals surface area contributed by atoms with E-state index >= 15 is 0 Å². The molecule has 7 nitrogen and oxygen atoms in total. The third-order valence-electron chi connectivity index (χ3n) is 7.02. The van der Waals surface area contributed by atoms with Crippen LogP contribution in [0.25, 0.3) is 55.2 Å². The summed E-state index contributed by atoms with van der Waals surface area (Å²) in [7, 11) is 0. The van der Waals surface area contributed by atoms with Crippen LogP contribution in [0.1, 0.15) is 56.9 Å². The second-order valence-corrected chi connectivity index (χ2v) is 10.1. The highest BCUT2D eigenvalue weighted by Crippen LogP contribution is 2.41. The predicted molar refractivity (Wildman–Crippen MR) is 142 cm³/mol. The number of H-pyrrole nitrogens is 2. The maximum atomic E-state index is 6.14. The van der Waals surface area contributed by atoms with Gasteiger partial charge in [0, 0.05) is 40.6 Å². The van der Waals surface area contributed by atoms with Crippen molar-refractivity contribution in [3.63, 3.8) is 0 Å². The second kappa shape index (κ2) is 7.62. The fourth-order valence-corrected chi connectivity index (χ4v) is 5.07. The largest absolute Gasteiger partial charge is 0.487 e. The fourth-order valence-electron chi connectivity index (χ4n) is 5.07. The van der Waals surface area contributed by atoms with Gasteiger partial charge >= 0.3 is 0 Å². The van der Waals surface area contributed by atoms with E-state index in [1.807, 2.05) is 0 Å². The fraction of sp³-hybridized carbons (Fsp3) is 0.241. The van der Waals surface area contributed by atoms with Gasteiger partial charge in [0.25, 0.3) is 0 Å². The lowest BCUT2D eigenvalue weighted by Gasteiger charge is -2.18. The molecule has 7 heteroatoms. The smallest absolute Gasteiger partial charge is 0.130 e. The minimum Gasteiger partial charge on any atom is -0.487 e. The number of benzene rings is 3. The topological polar surface area (TPSA) is 92.4 Å². The molecule has 6 aromatic rings. The number of nitrogens with zero attached hydrogens (tertiary/aromatic N) is 4. The summed E-state index contributed by atoms with van der Waals surface area (Å²) >= 11 is 0. The summed E-state index contributed by atoms with van der Waals surface area (Å²) in [6.07, 6.45) is 3.49. The Morgan fingerprint density at radius 3 is 2.28 bits per heavy atom. The van der Waals surface area contributed by atoms with Gasteiger partial charge in [0.2, 0.25) is 0 Å². The van der Waals surface area contributed by atoms with Gasteiger partial charge in [-0.25, -0.2) is 9.97 Å². The molecule has 0 saturated heterocycles. The number of hydrogen-bond acceptors (Lipinski definition) is 5. The molecule has 3 aromatic heterocycles. The van der Waals surface area contributed by atoms with E-state index in [1.54, 1.807) is 12.4 Å². The Labute approximate surface area is 208 Å². The SMILES string of the molecule is CC(C)c1nc2c([nH]1)COc1cc(-c3ccc4c(c3)c3nccnc3c3[nH]c(C(C)C)nc43)ccc1-2. The molecule has 0 unspecified atom stereocenters. The van der Waals surface area contributed by atoms with Crippen LogP contribution in [0.2, 0.25) is 0 Å². The van der Waals surface area contributed by atoms with Crippen LogP contribution in [0.5, 0.6) is 5.75 Å². The molecule has 0 fully saturated rings. The summed E-state index contributed by atoms with van der Waals surface area (Å²) in [5.74, 6) is 3.44. The quantitative estimate of drug-likeness (QED) is 0.274. The lowest BCUT2D eigenvalue weighted by molar-refractivity contribution is 0.298. The Bertz CT molecular complexity index is 1810. The maximum Gasteiger partial charge on any atom is 0.130 e. The lowest BCUT2D eigenvalue weighted by atomic mass is 9.97. The first-order valence-electron chi connectivity index (χ1n) is 12.4. The van der Waals surface area contributed by atoms with Crippen molar-refractivity contribution in [2.75, 3.05) is 0 Å². The molecule has 2 N–H and O–H groups in total. The van der Waals surface area contributed by atoms with Crippen LogP contribution in [-0.4, -0.2) is 29.9 Å². The van der Waals surface area contributed by atoms with Crippen LogP contribution in [0.4, 0.5) is 0 Å². The van der Waals surface area contributed by atoms with Crippen molar-refractivity contribution in [1.29, 1.82) is 0 Å². The zero-order chi connectivity index (χ0) is 24.6. The third kappa shape index (κ3) is 3.05. The summed E-state index contributed by atoms with van der Waals surface area (Å²) in [6, 6.07) is 12.8. The summed E-state index contributed by atoms with van der Waals surface area (Å²) in [5, 5.41) is 2.11. The molecule has 1 aliphatic heterocycles. The molecule has 0 aliphatic carbocycles. The minimum absolute atomic E-state index is 0.292.